The summed E-state index contributed by atoms with van der Waals surface area (Å²) in [6, 6.07) is 17.9. The van der Waals surface area contributed by atoms with Crippen molar-refractivity contribution in [3.8, 4) is 0 Å². The molecule has 0 saturated heterocycles. The predicted molar refractivity (Wildman–Crippen MR) is 95.3 cm³/mol. The number of hydrogen-bond donors (Lipinski definition) is 1. The highest BCUT2D eigenvalue weighted by Crippen LogP contribution is 2.22. The Kier molecular flexibility index (Phi) is 5.79. The van der Waals surface area contributed by atoms with Crippen molar-refractivity contribution in [3.05, 3.63) is 69.3 Å². The summed E-state index contributed by atoms with van der Waals surface area (Å²) in [7, 11) is 0. The van der Waals surface area contributed by atoms with Crippen molar-refractivity contribution < 1.29 is 4.79 Å². The molecule has 110 valence electrons. The Morgan fingerprint density at radius 3 is 2.29 bits per heavy atom. The molecule has 0 aromatic heterocycles. The molecule has 0 spiro atoms. The van der Waals surface area contributed by atoms with Gasteiger partial charge in [0.25, 0.3) is 5.91 Å². The number of carbonyl (C=O) groups is 1. The number of nitrogens with one attached hydrogen (secondary N) is 1. The second kappa shape index (κ2) is 7.59. The van der Waals surface area contributed by atoms with Crippen LogP contribution in [-0.4, -0.2) is 5.91 Å². The smallest absolute Gasteiger partial charge is 0.252 e. The molecule has 0 radical (unpaired) electrons. The highest BCUT2D eigenvalue weighted by Gasteiger charge is 2.18. The fourth-order valence-corrected chi connectivity index (χ4v) is 2.95. The average molecular weight is 393 g/mol. The maximum atomic E-state index is 12.5. The molecule has 0 aliphatic rings. The maximum Gasteiger partial charge on any atom is 0.252 e. The van der Waals surface area contributed by atoms with Crippen LogP contribution in [0.25, 0.3) is 0 Å². The molecule has 0 fully saturated rings. The van der Waals surface area contributed by atoms with E-state index in [0.29, 0.717) is 5.92 Å². The Morgan fingerprint density at radius 2 is 1.67 bits per heavy atom. The maximum absolute atomic E-state index is 12.5. The van der Waals surface area contributed by atoms with Gasteiger partial charge in [0.2, 0.25) is 0 Å². The van der Waals surface area contributed by atoms with E-state index in [1.54, 1.807) is 0 Å². The van der Waals surface area contributed by atoms with E-state index >= 15 is 0 Å². The van der Waals surface area contributed by atoms with Crippen LogP contribution in [0.4, 0.5) is 0 Å². The van der Waals surface area contributed by atoms with E-state index in [-0.39, 0.29) is 11.9 Å². The van der Waals surface area contributed by atoms with Gasteiger partial charge in [0.1, 0.15) is 0 Å². The van der Waals surface area contributed by atoms with E-state index < -0.39 is 0 Å². The molecule has 1 amide bonds. The van der Waals surface area contributed by atoms with Gasteiger partial charge in [0, 0.05) is 3.57 Å². The predicted octanol–water partition coefficient (Wildman–Crippen LogP) is 4.81. The van der Waals surface area contributed by atoms with E-state index in [2.05, 4.69) is 53.9 Å². The van der Waals surface area contributed by atoms with Gasteiger partial charge in [-0.15, -0.1) is 0 Å². The Labute approximate surface area is 140 Å². The van der Waals surface area contributed by atoms with Gasteiger partial charge in [-0.3, -0.25) is 4.79 Å². The minimum Gasteiger partial charge on any atom is -0.345 e. The number of benzene rings is 2. The number of rotatable bonds is 5. The first-order valence-electron chi connectivity index (χ1n) is 7.18. The summed E-state index contributed by atoms with van der Waals surface area (Å²) in [5.74, 6) is 0.514. The molecular weight excluding hydrogens is 373 g/mol. The van der Waals surface area contributed by atoms with E-state index in [0.717, 1.165) is 21.1 Å². The van der Waals surface area contributed by atoms with E-state index in [4.69, 9.17) is 0 Å². The second-order valence-corrected chi connectivity index (χ2v) is 6.71. The van der Waals surface area contributed by atoms with Crippen LogP contribution in [0.3, 0.4) is 0 Å². The highest BCUT2D eigenvalue weighted by atomic mass is 127. The first-order valence-corrected chi connectivity index (χ1v) is 8.26. The van der Waals surface area contributed by atoms with Crippen molar-refractivity contribution in [2.75, 3.05) is 0 Å². The lowest BCUT2D eigenvalue weighted by atomic mass is 9.96. The standard InChI is InChI=1S/C18H20INO/c1-13(2)12-17(14-8-4-3-5-9-14)20-18(21)15-10-6-7-11-16(15)19/h3-11,13,17H,12H2,1-2H3,(H,20,21). The van der Waals surface area contributed by atoms with Gasteiger partial charge in [-0.25, -0.2) is 0 Å². The first kappa shape index (κ1) is 16.0. The molecule has 2 aromatic rings. The molecule has 0 aliphatic carbocycles. The Balaban J connectivity index is 2.19. The second-order valence-electron chi connectivity index (χ2n) is 5.55. The monoisotopic (exact) mass is 393 g/mol. The lowest BCUT2D eigenvalue weighted by molar-refractivity contribution is 0.0931. The molecule has 21 heavy (non-hydrogen) atoms. The van der Waals surface area contributed by atoms with Crippen LogP contribution in [0, 0.1) is 9.49 Å². The van der Waals surface area contributed by atoms with Crippen molar-refractivity contribution in [1.82, 2.24) is 5.32 Å². The number of amides is 1. The van der Waals surface area contributed by atoms with E-state index in [9.17, 15) is 4.79 Å². The van der Waals surface area contributed by atoms with Crippen LogP contribution in [0.5, 0.6) is 0 Å². The van der Waals surface area contributed by atoms with Gasteiger partial charge in [-0.2, -0.15) is 0 Å². The molecule has 0 aliphatic heterocycles. The van der Waals surface area contributed by atoms with Crippen LogP contribution in [0.15, 0.2) is 54.6 Å². The summed E-state index contributed by atoms with van der Waals surface area (Å²) in [5.41, 5.74) is 1.90. The van der Waals surface area contributed by atoms with Gasteiger partial charge in [0.15, 0.2) is 0 Å². The third kappa shape index (κ3) is 4.56. The Morgan fingerprint density at radius 1 is 1.05 bits per heavy atom. The fraction of sp³-hybridized carbons (Fsp3) is 0.278. The zero-order valence-corrected chi connectivity index (χ0v) is 14.5. The van der Waals surface area contributed by atoms with Crippen LogP contribution in [0.1, 0.15) is 42.2 Å². The van der Waals surface area contributed by atoms with Crippen molar-refractivity contribution in [1.29, 1.82) is 0 Å². The van der Waals surface area contributed by atoms with Crippen molar-refractivity contribution in [2.45, 2.75) is 26.3 Å². The third-order valence-corrected chi connectivity index (χ3v) is 4.27. The molecule has 0 saturated carbocycles. The SMILES string of the molecule is CC(C)CC(NC(=O)c1ccccc1I)c1ccccc1. The van der Waals surface area contributed by atoms with Gasteiger partial charge in [0.05, 0.1) is 11.6 Å². The summed E-state index contributed by atoms with van der Waals surface area (Å²) in [6.45, 7) is 4.35. The average Bonchev–Trinajstić information content (AvgIpc) is 2.47. The minimum atomic E-state index is -0.00509. The molecule has 2 rings (SSSR count). The molecule has 0 heterocycles. The first-order chi connectivity index (χ1) is 10.1. The van der Waals surface area contributed by atoms with Crippen molar-refractivity contribution in [2.24, 2.45) is 5.92 Å². The summed E-state index contributed by atoms with van der Waals surface area (Å²) in [4.78, 5) is 12.5. The highest BCUT2D eigenvalue weighted by molar-refractivity contribution is 14.1. The number of carbonyl (C=O) groups excluding carboxylic acids is 1. The van der Waals surface area contributed by atoms with Crippen LogP contribution in [0.2, 0.25) is 0 Å². The van der Waals surface area contributed by atoms with Crippen LogP contribution < -0.4 is 5.32 Å². The lowest BCUT2D eigenvalue weighted by Crippen LogP contribution is -2.30. The minimum absolute atomic E-state index is 0.00509. The topological polar surface area (TPSA) is 29.1 Å². The van der Waals surface area contributed by atoms with Crippen LogP contribution in [-0.2, 0) is 0 Å². The Hall–Kier alpha value is -1.36. The molecule has 3 heteroatoms. The zero-order valence-electron chi connectivity index (χ0n) is 12.3. The third-order valence-electron chi connectivity index (χ3n) is 3.33. The zero-order chi connectivity index (χ0) is 15.2. The fourth-order valence-electron chi connectivity index (χ4n) is 2.32. The van der Waals surface area contributed by atoms with Crippen molar-refractivity contribution in [3.63, 3.8) is 0 Å². The van der Waals surface area contributed by atoms with Gasteiger partial charge in [-0.1, -0.05) is 56.3 Å². The van der Waals surface area contributed by atoms with Gasteiger partial charge < -0.3 is 5.32 Å². The largest absolute Gasteiger partial charge is 0.345 e. The summed E-state index contributed by atoms with van der Waals surface area (Å²) >= 11 is 2.20. The van der Waals surface area contributed by atoms with Crippen molar-refractivity contribution >= 4 is 28.5 Å². The van der Waals surface area contributed by atoms with E-state index in [1.807, 2.05) is 42.5 Å². The van der Waals surface area contributed by atoms with Crippen LogP contribution >= 0.6 is 22.6 Å². The molecule has 1 atom stereocenters. The molecule has 0 bridgehead atoms. The van der Waals surface area contributed by atoms with Gasteiger partial charge >= 0.3 is 0 Å². The quantitative estimate of drug-likeness (QED) is 0.726. The molecule has 1 N–H and O–H groups in total. The summed E-state index contributed by atoms with van der Waals surface area (Å²) < 4.78 is 0.976. The Bertz CT molecular complexity index is 595. The number of hydrogen-bond acceptors (Lipinski definition) is 1. The van der Waals surface area contributed by atoms with E-state index in [1.165, 1.54) is 0 Å². The lowest BCUT2D eigenvalue weighted by Gasteiger charge is -2.21. The summed E-state index contributed by atoms with van der Waals surface area (Å²) in [6.07, 6.45) is 0.930. The molecular formula is C18H20INO. The number of halogens is 1. The molecule has 2 aromatic carbocycles. The normalized spacial score (nSPS) is 12.2. The van der Waals surface area contributed by atoms with Gasteiger partial charge in [-0.05, 0) is 52.6 Å². The molecule has 1 unspecified atom stereocenters. The molecule has 2 nitrogen and oxygen atoms in total. The summed E-state index contributed by atoms with van der Waals surface area (Å²) in [5, 5.41) is 3.18.